The van der Waals surface area contributed by atoms with Crippen LogP contribution in [0, 0.1) is 0 Å². The molecule has 0 unspecified atom stereocenters. The Morgan fingerprint density at radius 1 is 1.05 bits per heavy atom. The van der Waals surface area contributed by atoms with Gasteiger partial charge < -0.3 is 10.3 Å². The van der Waals surface area contributed by atoms with E-state index in [9.17, 15) is 9.59 Å². The maximum Gasteiger partial charge on any atom is 0.271 e. The molecular formula is C16H12N4O2. The molecule has 0 aliphatic rings. The van der Waals surface area contributed by atoms with Crippen molar-refractivity contribution in [1.29, 1.82) is 0 Å². The zero-order valence-electron chi connectivity index (χ0n) is 11.5. The summed E-state index contributed by atoms with van der Waals surface area (Å²) < 4.78 is 0. The van der Waals surface area contributed by atoms with Crippen molar-refractivity contribution in [1.82, 2.24) is 15.0 Å². The molecule has 0 aromatic carbocycles. The molecule has 0 radical (unpaired) electrons. The van der Waals surface area contributed by atoms with Crippen LogP contribution < -0.4 is 10.9 Å². The highest BCUT2D eigenvalue weighted by Crippen LogP contribution is 2.18. The second-order valence-corrected chi connectivity index (χ2v) is 4.56. The quantitative estimate of drug-likeness (QED) is 0.773. The van der Waals surface area contributed by atoms with Gasteiger partial charge >= 0.3 is 0 Å². The summed E-state index contributed by atoms with van der Waals surface area (Å²) in [7, 11) is 0. The summed E-state index contributed by atoms with van der Waals surface area (Å²) in [4.78, 5) is 34.4. The number of nitrogens with zero attached hydrogens (tertiary/aromatic N) is 2. The number of hydrogen-bond donors (Lipinski definition) is 2. The third-order valence-corrected chi connectivity index (χ3v) is 3.09. The van der Waals surface area contributed by atoms with Crippen LogP contribution in [0.3, 0.4) is 0 Å². The molecule has 3 aromatic rings. The standard InChI is InChI=1S/C16H12N4O2/c21-15(12-2-1-5-18-9-12)20-14-8-13(10-19-16(14)22)11-3-6-17-7-4-11/h1-10H,(H,19,22)(H,20,21). The van der Waals surface area contributed by atoms with Crippen molar-refractivity contribution in [2.24, 2.45) is 0 Å². The van der Waals surface area contributed by atoms with Crippen LogP contribution in [0.4, 0.5) is 5.69 Å². The number of H-pyrrole nitrogens is 1. The largest absolute Gasteiger partial charge is 0.327 e. The minimum absolute atomic E-state index is 0.183. The summed E-state index contributed by atoms with van der Waals surface area (Å²) >= 11 is 0. The number of hydrogen-bond acceptors (Lipinski definition) is 4. The maximum absolute atomic E-state index is 12.1. The van der Waals surface area contributed by atoms with E-state index in [-0.39, 0.29) is 17.2 Å². The molecule has 0 spiro atoms. The maximum atomic E-state index is 12.1. The Balaban J connectivity index is 1.91. The van der Waals surface area contributed by atoms with E-state index in [1.807, 2.05) is 12.1 Å². The van der Waals surface area contributed by atoms with E-state index in [1.165, 1.54) is 6.20 Å². The topological polar surface area (TPSA) is 87.7 Å². The smallest absolute Gasteiger partial charge is 0.271 e. The molecule has 0 saturated heterocycles. The minimum Gasteiger partial charge on any atom is -0.327 e. The molecule has 0 aliphatic heterocycles. The molecule has 3 rings (SSSR count). The molecule has 108 valence electrons. The van der Waals surface area contributed by atoms with E-state index in [1.54, 1.807) is 43.0 Å². The SMILES string of the molecule is O=C(Nc1cc(-c2ccncc2)c[nH]c1=O)c1cccnc1. The molecule has 0 fully saturated rings. The number of aromatic amines is 1. The minimum atomic E-state index is -0.384. The van der Waals surface area contributed by atoms with Crippen molar-refractivity contribution in [3.63, 3.8) is 0 Å². The molecule has 0 atom stereocenters. The number of pyridine rings is 3. The third kappa shape index (κ3) is 2.90. The Bertz CT molecular complexity index is 845. The van der Waals surface area contributed by atoms with Gasteiger partial charge in [-0.15, -0.1) is 0 Å². The molecule has 0 bridgehead atoms. The monoisotopic (exact) mass is 292 g/mol. The van der Waals surface area contributed by atoms with Crippen LogP contribution in [-0.4, -0.2) is 20.9 Å². The Morgan fingerprint density at radius 2 is 1.86 bits per heavy atom. The number of amides is 1. The fourth-order valence-corrected chi connectivity index (χ4v) is 1.98. The summed E-state index contributed by atoms with van der Waals surface area (Å²) in [6, 6.07) is 8.55. The van der Waals surface area contributed by atoms with E-state index in [2.05, 4.69) is 20.3 Å². The van der Waals surface area contributed by atoms with Crippen LogP contribution in [0.15, 0.2) is 66.1 Å². The highest BCUT2D eigenvalue weighted by atomic mass is 16.2. The second kappa shape index (κ2) is 6.01. The zero-order chi connectivity index (χ0) is 15.4. The average molecular weight is 292 g/mol. The lowest BCUT2D eigenvalue weighted by atomic mass is 10.1. The van der Waals surface area contributed by atoms with E-state index in [0.29, 0.717) is 5.56 Å². The van der Waals surface area contributed by atoms with Gasteiger partial charge in [-0.05, 0) is 35.9 Å². The van der Waals surface area contributed by atoms with Crippen molar-refractivity contribution < 1.29 is 4.79 Å². The number of nitrogens with one attached hydrogen (secondary N) is 2. The Hall–Kier alpha value is -3.28. The lowest BCUT2D eigenvalue weighted by Gasteiger charge is -2.06. The fourth-order valence-electron chi connectivity index (χ4n) is 1.98. The van der Waals surface area contributed by atoms with Crippen LogP contribution >= 0.6 is 0 Å². The molecule has 3 aromatic heterocycles. The van der Waals surface area contributed by atoms with Gasteiger partial charge in [0.25, 0.3) is 11.5 Å². The molecule has 3 heterocycles. The van der Waals surface area contributed by atoms with Gasteiger partial charge in [0.1, 0.15) is 5.69 Å². The first-order valence-corrected chi connectivity index (χ1v) is 6.58. The summed E-state index contributed by atoms with van der Waals surface area (Å²) in [6.07, 6.45) is 7.93. The van der Waals surface area contributed by atoms with Gasteiger partial charge in [-0.25, -0.2) is 0 Å². The summed E-state index contributed by atoms with van der Waals surface area (Å²) in [5.74, 6) is -0.384. The number of rotatable bonds is 3. The normalized spacial score (nSPS) is 10.2. The number of aromatic nitrogens is 3. The summed E-state index contributed by atoms with van der Waals surface area (Å²) in [5, 5.41) is 2.60. The van der Waals surface area contributed by atoms with Crippen LogP contribution in [0.1, 0.15) is 10.4 Å². The zero-order valence-corrected chi connectivity index (χ0v) is 11.5. The molecule has 1 amide bonds. The Kier molecular flexibility index (Phi) is 3.74. The van der Waals surface area contributed by atoms with Crippen molar-refractivity contribution in [2.45, 2.75) is 0 Å². The van der Waals surface area contributed by atoms with Crippen LogP contribution in [0.5, 0.6) is 0 Å². The first-order valence-electron chi connectivity index (χ1n) is 6.58. The molecule has 22 heavy (non-hydrogen) atoms. The van der Waals surface area contributed by atoms with Gasteiger partial charge in [-0.2, -0.15) is 0 Å². The molecule has 2 N–H and O–H groups in total. The predicted octanol–water partition coefficient (Wildman–Crippen LogP) is 2.08. The molecule has 6 heteroatoms. The molecule has 0 aliphatic carbocycles. The van der Waals surface area contributed by atoms with E-state index in [4.69, 9.17) is 0 Å². The van der Waals surface area contributed by atoms with E-state index >= 15 is 0 Å². The fraction of sp³-hybridized carbons (Fsp3) is 0. The van der Waals surface area contributed by atoms with Crippen molar-refractivity contribution in [3.8, 4) is 11.1 Å². The van der Waals surface area contributed by atoms with Gasteiger partial charge in [0.05, 0.1) is 5.56 Å². The molecule has 0 saturated carbocycles. The van der Waals surface area contributed by atoms with Crippen LogP contribution in [0.25, 0.3) is 11.1 Å². The predicted molar refractivity (Wildman–Crippen MR) is 82.5 cm³/mol. The van der Waals surface area contributed by atoms with Gasteiger partial charge in [0.2, 0.25) is 0 Å². The van der Waals surface area contributed by atoms with Gasteiger partial charge in [-0.1, -0.05) is 0 Å². The first-order chi connectivity index (χ1) is 10.7. The second-order valence-electron chi connectivity index (χ2n) is 4.56. The Morgan fingerprint density at radius 3 is 2.59 bits per heavy atom. The van der Waals surface area contributed by atoms with Crippen LogP contribution in [0.2, 0.25) is 0 Å². The van der Waals surface area contributed by atoms with Crippen LogP contribution in [-0.2, 0) is 0 Å². The first kappa shape index (κ1) is 13.7. The van der Waals surface area contributed by atoms with Gasteiger partial charge in [0, 0.05) is 36.5 Å². The van der Waals surface area contributed by atoms with E-state index < -0.39 is 0 Å². The van der Waals surface area contributed by atoms with Crippen molar-refractivity contribution in [2.75, 3.05) is 5.32 Å². The molecular weight excluding hydrogens is 280 g/mol. The Labute approximate surface area is 125 Å². The lowest BCUT2D eigenvalue weighted by molar-refractivity contribution is 0.102. The number of anilines is 1. The highest BCUT2D eigenvalue weighted by molar-refractivity contribution is 6.04. The van der Waals surface area contributed by atoms with Gasteiger partial charge in [-0.3, -0.25) is 19.6 Å². The number of carbonyl (C=O) groups excluding carboxylic acids is 1. The molecule has 6 nitrogen and oxygen atoms in total. The highest BCUT2D eigenvalue weighted by Gasteiger charge is 2.09. The lowest BCUT2D eigenvalue weighted by Crippen LogP contribution is -2.19. The summed E-state index contributed by atoms with van der Waals surface area (Å²) in [5.41, 5.74) is 1.88. The average Bonchev–Trinajstić information content (AvgIpc) is 2.58. The van der Waals surface area contributed by atoms with E-state index in [0.717, 1.165) is 11.1 Å². The summed E-state index contributed by atoms with van der Waals surface area (Å²) in [6.45, 7) is 0. The van der Waals surface area contributed by atoms with Gasteiger partial charge in [0.15, 0.2) is 0 Å². The third-order valence-electron chi connectivity index (χ3n) is 3.09. The van der Waals surface area contributed by atoms with Crippen molar-refractivity contribution >= 4 is 11.6 Å². The van der Waals surface area contributed by atoms with Crippen molar-refractivity contribution in [3.05, 3.63) is 77.2 Å². The number of carbonyl (C=O) groups is 1.